The quantitative estimate of drug-likeness (QED) is 0.114. The number of hydrogen-bond acceptors (Lipinski definition) is 3. The lowest BCUT2D eigenvalue weighted by Crippen LogP contribution is -2.09. The molecule has 0 radical (unpaired) electrons. The van der Waals surface area contributed by atoms with E-state index < -0.39 is 0 Å². The second-order valence-corrected chi connectivity index (χ2v) is 19.4. The fraction of sp³-hybridized carbons (Fsp3) is 0. The summed E-state index contributed by atoms with van der Waals surface area (Å²) in [6, 6.07) is 116. The number of rotatable bonds is 13. The number of nitrogens with zero attached hydrogens (tertiary/aromatic N) is 3. The Balaban J connectivity index is 0.707. The maximum absolute atomic E-state index is 2.32. The lowest BCUT2D eigenvalue weighted by Gasteiger charge is -2.26. The maximum atomic E-state index is 2.32. The molecular formula is C74H53N3. The van der Waals surface area contributed by atoms with Crippen molar-refractivity contribution < 1.29 is 0 Å². The number of anilines is 9. The molecule has 13 aromatic rings. The largest absolute Gasteiger partial charge is 0.311 e. The molecule has 0 aliphatic carbocycles. The lowest BCUT2D eigenvalue weighted by atomic mass is 9.99. The second-order valence-electron chi connectivity index (χ2n) is 19.4. The standard InChI is InChI=1S/C74H53N3/c1-4-18-66(19-5-1)75(69-42-32-60(33-43-69)56-24-28-58(29-25-56)62-36-46-71(47-37-62)76(67-20-6-2-7-21-67)73-50-40-54-14-10-12-16-64(54)52-73)70-44-34-61(35-45-70)57-26-30-59(31-27-57)63-38-48-72(49-39-63)77(68-22-8-3-9-23-68)74-51-41-55-15-11-13-17-65(55)53-74/h1-53H. The normalized spacial score (nSPS) is 11.1. The van der Waals surface area contributed by atoms with Crippen molar-refractivity contribution in [2.75, 3.05) is 14.7 Å². The molecule has 0 bridgehead atoms. The van der Waals surface area contributed by atoms with Gasteiger partial charge in [-0.05, 0) is 175 Å². The van der Waals surface area contributed by atoms with Crippen LogP contribution in [0.2, 0.25) is 0 Å². The fourth-order valence-corrected chi connectivity index (χ4v) is 10.6. The molecule has 0 unspecified atom stereocenters. The molecule has 0 saturated heterocycles. The van der Waals surface area contributed by atoms with E-state index >= 15 is 0 Å². The highest BCUT2D eigenvalue weighted by atomic mass is 15.2. The first-order valence-electron chi connectivity index (χ1n) is 26.3. The van der Waals surface area contributed by atoms with Crippen LogP contribution in [0.15, 0.2) is 322 Å². The molecule has 3 heteroatoms. The molecule has 0 heterocycles. The van der Waals surface area contributed by atoms with Gasteiger partial charge >= 0.3 is 0 Å². The zero-order valence-corrected chi connectivity index (χ0v) is 42.4. The van der Waals surface area contributed by atoms with Crippen molar-refractivity contribution in [3.05, 3.63) is 322 Å². The molecule has 0 amide bonds. The van der Waals surface area contributed by atoms with Gasteiger partial charge in [0.15, 0.2) is 0 Å². The first-order chi connectivity index (χ1) is 38.1. The minimum absolute atomic E-state index is 1.09. The summed E-state index contributed by atoms with van der Waals surface area (Å²) in [5.74, 6) is 0. The average molecular weight is 984 g/mol. The zero-order valence-electron chi connectivity index (χ0n) is 42.4. The number of benzene rings is 13. The minimum Gasteiger partial charge on any atom is -0.311 e. The Bertz CT molecular complexity index is 3830. The van der Waals surface area contributed by atoms with Crippen LogP contribution in [0, 0.1) is 0 Å². The van der Waals surface area contributed by atoms with Gasteiger partial charge in [0.05, 0.1) is 0 Å². The van der Waals surface area contributed by atoms with E-state index in [1.165, 1.54) is 66.1 Å². The first-order valence-corrected chi connectivity index (χ1v) is 26.3. The van der Waals surface area contributed by atoms with Gasteiger partial charge in [-0.15, -0.1) is 0 Å². The van der Waals surface area contributed by atoms with E-state index in [1.807, 2.05) is 0 Å². The van der Waals surface area contributed by atoms with Gasteiger partial charge < -0.3 is 14.7 Å². The molecule has 3 nitrogen and oxygen atoms in total. The molecule has 0 atom stereocenters. The van der Waals surface area contributed by atoms with E-state index in [0.29, 0.717) is 0 Å². The van der Waals surface area contributed by atoms with Crippen molar-refractivity contribution >= 4 is 72.7 Å². The predicted molar refractivity (Wildman–Crippen MR) is 327 cm³/mol. The summed E-state index contributed by atoms with van der Waals surface area (Å²) < 4.78 is 0. The Morgan fingerprint density at radius 3 is 0.571 bits per heavy atom. The van der Waals surface area contributed by atoms with Gasteiger partial charge in [-0.3, -0.25) is 0 Å². The van der Waals surface area contributed by atoms with Crippen LogP contribution in [0.3, 0.4) is 0 Å². The van der Waals surface area contributed by atoms with Crippen molar-refractivity contribution in [3.63, 3.8) is 0 Å². The molecule has 0 N–H and O–H groups in total. The van der Waals surface area contributed by atoms with E-state index in [1.54, 1.807) is 0 Å². The molecule has 77 heavy (non-hydrogen) atoms. The lowest BCUT2D eigenvalue weighted by molar-refractivity contribution is 1.28. The third kappa shape index (κ3) is 9.74. The third-order valence-corrected chi connectivity index (χ3v) is 14.6. The van der Waals surface area contributed by atoms with Crippen LogP contribution in [-0.4, -0.2) is 0 Å². The van der Waals surface area contributed by atoms with Crippen molar-refractivity contribution in [1.29, 1.82) is 0 Å². The van der Waals surface area contributed by atoms with Crippen LogP contribution >= 0.6 is 0 Å². The Morgan fingerprint density at radius 2 is 0.312 bits per heavy atom. The van der Waals surface area contributed by atoms with Gasteiger partial charge in [0.2, 0.25) is 0 Å². The van der Waals surface area contributed by atoms with Gasteiger partial charge in [-0.25, -0.2) is 0 Å². The molecule has 0 spiro atoms. The van der Waals surface area contributed by atoms with Crippen molar-refractivity contribution in [1.82, 2.24) is 0 Å². The van der Waals surface area contributed by atoms with E-state index in [2.05, 4.69) is 336 Å². The Morgan fingerprint density at radius 1 is 0.130 bits per heavy atom. The maximum Gasteiger partial charge on any atom is 0.0468 e. The van der Waals surface area contributed by atoms with Gasteiger partial charge in [-0.1, -0.05) is 212 Å². The highest BCUT2D eigenvalue weighted by Crippen LogP contribution is 2.41. The Labute approximate surface area is 451 Å². The van der Waals surface area contributed by atoms with Crippen LogP contribution in [0.25, 0.3) is 66.1 Å². The predicted octanol–water partition coefficient (Wildman–Crippen LogP) is 21.1. The summed E-state index contributed by atoms with van der Waals surface area (Å²) in [4.78, 5) is 6.97. The van der Waals surface area contributed by atoms with Crippen molar-refractivity contribution in [3.8, 4) is 44.5 Å². The van der Waals surface area contributed by atoms with Crippen molar-refractivity contribution in [2.45, 2.75) is 0 Å². The van der Waals surface area contributed by atoms with E-state index in [4.69, 9.17) is 0 Å². The summed E-state index contributed by atoms with van der Waals surface area (Å²) in [5.41, 5.74) is 19.4. The fourth-order valence-electron chi connectivity index (χ4n) is 10.6. The Hall–Kier alpha value is -10.2. The van der Waals surface area contributed by atoms with Crippen LogP contribution in [0.1, 0.15) is 0 Å². The first kappa shape index (κ1) is 46.6. The van der Waals surface area contributed by atoms with E-state index in [-0.39, 0.29) is 0 Å². The SMILES string of the molecule is c1ccc(N(c2ccc(-c3ccc(-c4ccc(N(c5ccccc5)c5ccc6ccccc6c5)cc4)cc3)cc2)c2ccc(-c3ccc(-c4ccc(N(c5ccccc5)c5ccc6ccccc6c5)cc4)cc3)cc2)cc1. The topological polar surface area (TPSA) is 9.72 Å². The number of fused-ring (bicyclic) bond motifs is 2. The average Bonchev–Trinajstić information content (AvgIpc) is 3.51. The van der Waals surface area contributed by atoms with Crippen LogP contribution in [0.5, 0.6) is 0 Å². The van der Waals surface area contributed by atoms with Crippen LogP contribution in [0.4, 0.5) is 51.2 Å². The van der Waals surface area contributed by atoms with E-state index in [0.717, 1.165) is 51.2 Å². The van der Waals surface area contributed by atoms with Crippen LogP contribution in [-0.2, 0) is 0 Å². The summed E-state index contributed by atoms with van der Waals surface area (Å²) in [7, 11) is 0. The van der Waals surface area contributed by atoms with Gasteiger partial charge in [0, 0.05) is 51.2 Å². The van der Waals surface area contributed by atoms with Gasteiger partial charge in [-0.2, -0.15) is 0 Å². The molecule has 0 aliphatic rings. The molecule has 0 saturated carbocycles. The molecule has 13 aromatic carbocycles. The molecule has 364 valence electrons. The molecule has 0 aromatic heterocycles. The molecule has 0 aliphatic heterocycles. The molecule has 0 fully saturated rings. The summed E-state index contributed by atoms with van der Waals surface area (Å²) in [5, 5.41) is 4.91. The van der Waals surface area contributed by atoms with Gasteiger partial charge in [0.1, 0.15) is 0 Å². The number of hydrogen-bond donors (Lipinski definition) is 0. The number of para-hydroxylation sites is 3. The second kappa shape index (κ2) is 21.0. The highest BCUT2D eigenvalue weighted by molar-refractivity contribution is 5.91. The third-order valence-electron chi connectivity index (χ3n) is 14.6. The van der Waals surface area contributed by atoms with Crippen molar-refractivity contribution in [2.24, 2.45) is 0 Å². The summed E-state index contributed by atoms with van der Waals surface area (Å²) in [6.45, 7) is 0. The zero-order chi connectivity index (χ0) is 51.3. The molecular weight excluding hydrogens is 931 g/mol. The monoisotopic (exact) mass is 983 g/mol. The molecule has 13 rings (SSSR count). The smallest absolute Gasteiger partial charge is 0.0468 e. The minimum atomic E-state index is 1.09. The summed E-state index contributed by atoms with van der Waals surface area (Å²) >= 11 is 0. The Kier molecular flexibility index (Phi) is 12.7. The summed E-state index contributed by atoms with van der Waals surface area (Å²) in [6.07, 6.45) is 0. The van der Waals surface area contributed by atoms with E-state index in [9.17, 15) is 0 Å². The highest BCUT2D eigenvalue weighted by Gasteiger charge is 2.17. The van der Waals surface area contributed by atoms with Crippen LogP contribution < -0.4 is 14.7 Å². The van der Waals surface area contributed by atoms with Gasteiger partial charge in [0.25, 0.3) is 0 Å².